The summed E-state index contributed by atoms with van der Waals surface area (Å²) < 4.78 is 5.69. The Morgan fingerprint density at radius 2 is 2.00 bits per heavy atom. The summed E-state index contributed by atoms with van der Waals surface area (Å²) in [5.41, 5.74) is 1.22. The van der Waals surface area contributed by atoms with Crippen LogP contribution in [0.4, 0.5) is 0 Å². The summed E-state index contributed by atoms with van der Waals surface area (Å²) in [4.78, 5) is 4.25. The van der Waals surface area contributed by atoms with E-state index in [1.165, 1.54) is 12.0 Å². The SMILES string of the molecule is CN=C(NCc1ccc(OCC(C)C)cc1)NC1CC1C. The summed E-state index contributed by atoms with van der Waals surface area (Å²) in [5, 5.41) is 6.76. The summed E-state index contributed by atoms with van der Waals surface area (Å²) >= 11 is 0. The van der Waals surface area contributed by atoms with Crippen molar-refractivity contribution in [3.63, 3.8) is 0 Å². The van der Waals surface area contributed by atoms with Crippen molar-refractivity contribution < 1.29 is 4.74 Å². The summed E-state index contributed by atoms with van der Waals surface area (Å²) in [6, 6.07) is 8.82. The predicted octanol–water partition coefficient (Wildman–Crippen LogP) is 2.79. The molecular weight excluding hydrogens is 262 g/mol. The molecule has 2 atom stereocenters. The molecule has 1 aromatic rings. The van der Waals surface area contributed by atoms with E-state index in [0.717, 1.165) is 30.8 Å². The van der Waals surface area contributed by atoms with Crippen LogP contribution in [0.15, 0.2) is 29.3 Å². The van der Waals surface area contributed by atoms with Gasteiger partial charge in [-0.25, -0.2) is 0 Å². The summed E-state index contributed by atoms with van der Waals surface area (Å²) in [6.45, 7) is 8.08. The Bertz CT molecular complexity index is 467. The van der Waals surface area contributed by atoms with Crippen molar-refractivity contribution in [1.82, 2.24) is 10.6 Å². The Balaban J connectivity index is 1.77. The Morgan fingerprint density at radius 3 is 2.52 bits per heavy atom. The lowest BCUT2D eigenvalue weighted by Crippen LogP contribution is -2.38. The highest BCUT2D eigenvalue weighted by Gasteiger charge is 2.33. The van der Waals surface area contributed by atoms with Crippen LogP contribution in [0.3, 0.4) is 0 Å². The number of ether oxygens (including phenoxy) is 1. The van der Waals surface area contributed by atoms with Gasteiger partial charge >= 0.3 is 0 Å². The number of aliphatic imine (C=N–C) groups is 1. The highest BCUT2D eigenvalue weighted by molar-refractivity contribution is 5.80. The van der Waals surface area contributed by atoms with Crippen LogP contribution >= 0.6 is 0 Å². The second-order valence-corrected chi connectivity index (χ2v) is 6.24. The molecule has 0 aromatic heterocycles. The third-order valence-corrected chi connectivity index (χ3v) is 3.62. The summed E-state index contributed by atoms with van der Waals surface area (Å²) in [5.74, 6) is 3.12. The van der Waals surface area contributed by atoms with Gasteiger partial charge in [0.15, 0.2) is 5.96 Å². The maximum Gasteiger partial charge on any atom is 0.191 e. The number of benzene rings is 1. The molecule has 0 bridgehead atoms. The Morgan fingerprint density at radius 1 is 1.33 bits per heavy atom. The van der Waals surface area contributed by atoms with Crippen molar-refractivity contribution in [3.05, 3.63) is 29.8 Å². The molecule has 0 amide bonds. The standard InChI is InChI=1S/C17H27N3O/c1-12(2)11-21-15-7-5-14(6-8-15)10-19-17(18-4)20-16-9-13(16)3/h5-8,12-13,16H,9-11H2,1-4H3,(H2,18,19,20). The van der Waals surface area contributed by atoms with Gasteiger partial charge in [-0.1, -0.05) is 32.9 Å². The van der Waals surface area contributed by atoms with E-state index in [4.69, 9.17) is 4.74 Å². The molecule has 1 aliphatic rings. The van der Waals surface area contributed by atoms with E-state index in [1.54, 1.807) is 0 Å². The maximum atomic E-state index is 5.69. The average molecular weight is 289 g/mol. The molecule has 0 radical (unpaired) electrons. The highest BCUT2D eigenvalue weighted by Crippen LogP contribution is 2.28. The van der Waals surface area contributed by atoms with Crippen molar-refractivity contribution in [1.29, 1.82) is 0 Å². The molecule has 0 spiro atoms. The molecular formula is C17H27N3O. The molecule has 0 aliphatic heterocycles. The number of hydrogen-bond acceptors (Lipinski definition) is 2. The third kappa shape index (κ3) is 5.29. The molecule has 1 fully saturated rings. The van der Waals surface area contributed by atoms with Crippen LogP contribution in [0.1, 0.15) is 32.8 Å². The average Bonchev–Trinajstić information content (AvgIpc) is 3.17. The van der Waals surface area contributed by atoms with E-state index >= 15 is 0 Å². The fourth-order valence-electron chi connectivity index (χ4n) is 2.05. The predicted molar refractivity (Wildman–Crippen MR) is 87.7 cm³/mol. The molecule has 2 unspecified atom stereocenters. The van der Waals surface area contributed by atoms with E-state index in [0.29, 0.717) is 12.0 Å². The normalized spacial score (nSPS) is 21.3. The lowest BCUT2D eigenvalue weighted by Gasteiger charge is -2.12. The van der Waals surface area contributed by atoms with Crippen LogP contribution in [0.2, 0.25) is 0 Å². The van der Waals surface area contributed by atoms with Gasteiger partial charge in [-0.05, 0) is 36.0 Å². The zero-order valence-corrected chi connectivity index (χ0v) is 13.5. The molecule has 2 N–H and O–H groups in total. The first-order chi connectivity index (χ1) is 10.1. The minimum atomic E-state index is 0.547. The molecule has 4 heteroatoms. The van der Waals surface area contributed by atoms with Gasteiger partial charge in [-0.15, -0.1) is 0 Å². The van der Waals surface area contributed by atoms with Gasteiger partial charge in [-0.2, -0.15) is 0 Å². The zero-order chi connectivity index (χ0) is 15.2. The molecule has 4 nitrogen and oxygen atoms in total. The fourth-order valence-corrected chi connectivity index (χ4v) is 2.05. The van der Waals surface area contributed by atoms with Crippen LogP contribution in [0, 0.1) is 11.8 Å². The van der Waals surface area contributed by atoms with Crippen molar-refractivity contribution in [2.24, 2.45) is 16.8 Å². The summed E-state index contributed by atoms with van der Waals surface area (Å²) in [7, 11) is 1.81. The smallest absolute Gasteiger partial charge is 0.191 e. The molecule has 2 rings (SSSR count). The van der Waals surface area contributed by atoms with E-state index < -0.39 is 0 Å². The molecule has 21 heavy (non-hydrogen) atoms. The second-order valence-electron chi connectivity index (χ2n) is 6.24. The molecule has 0 heterocycles. The van der Waals surface area contributed by atoms with Crippen LogP contribution in [0.5, 0.6) is 5.75 Å². The van der Waals surface area contributed by atoms with Gasteiger partial charge in [-0.3, -0.25) is 4.99 Å². The Kier molecular flexibility index (Phi) is 5.48. The minimum absolute atomic E-state index is 0.547. The monoisotopic (exact) mass is 289 g/mol. The highest BCUT2D eigenvalue weighted by atomic mass is 16.5. The Labute approximate surface area is 128 Å². The summed E-state index contributed by atoms with van der Waals surface area (Å²) in [6.07, 6.45) is 1.24. The van der Waals surface area contributed by atoms with Gasteiger partial charge in [0.25, 0.3) is 0 Å². The topological polar surface area (TPSA) is 45.7 Å². The van der Waals surface area contributed by atoms with Gasteiger partial charge in [0.05, 0.1) is 6.61 Å². The van der Waals surface area contributed by atoms with E-state index in [1.807, 2.05) is 19.2 Å². The van der Waals surface area contributed by atoms with Crippen molar-refractivity contribution in [2.45, 2.75) is 39.8 Å². The number of hydrogen-bond donors (Lipinski definition) is 2. The van der Waals surface area contributed by atoms with Gasteiger partial charge in [0.1, 0.15) is 5.75 Å². The van der Waals surface area contributed by atoms with Gasteiger partial charge < -0.3 is 15.4 Å². The quantitative estimate of drug-likeness (QED) is 0.625. The van der Waals surface area contributed by atoms with Crippen LogP contribution in [-0.4, -0.2) is 25.7 Å². The lowest BCUT2D eigenvalue weighted by molar-refractivity contribution is 0.271. The Hall–Kier alpha value is -1.71. The van der Waals surface area contributed by atoms with E-state index in [2.05, 4.69) is 48.5 Å². The van der Waals surface area contributed by atoms with Gasteiger partial charge in [0, 0.05) is 19.6 Å². The molecule has 1 aliphatic carbocycles. The van der Waals surface area contributed by atoms with Crippen molar-refractivity contribution in [3.8, 4) is 5.75 Å². The maximum absolute atomic E-state index is 5.69. The number of nitrogens with zero attached hydrogens (tertiary/aromatic N) is 1. The minimum Gasteiger partial charge on any atom is -0.493 e. The van der Waals surface area contributed by atoms with Crippen molar-refractivity contribution >= 4 is 5.96 Å². The molecule has 1 saturated carbocycles. The number of rotatable bonds is 6. The lowest BCUT2D eigenvalue weighted by atomic mass is 10.2. The number of guanidine groups is 1. The molecule has 1 aromatic carbocycles. The van der Waals surface area contributed by atoms with Crippen molar-refractivity contribution in [2.75, 3.05) is 13.7 Å². The van der Waals surface area contributed by atoms with E-state index in [9.17, 15) is 0 Å². The molecule has 0 saturated heterocycles. The second kappa shape index (κ2) is 7.34. The third-order valence-electron chi connectivity index (χ3n) is 3.62. The van der Waals surface area contributed by atoms with E-state index in [-0.39, 0.29) is 0 Å². The first-order valence-corrected chi connectivity index (χ1v) is 7.77. The molecule has 116 valence electrons. The first kappa shape index (κ1) is 15.7. The fraction of sp³-hybridized carbons (Fsp3) is 0.588. The largest absolute Gasteiger partial charge is 0.493 e. The van der Waals surface area contributed by atoms with Crippen LogP contribution < -0.4 is 15.4 Å². The first-order valence-electron chi connectivity index (χ1n) is 7.77. The van der Waals surface area contributed by atoms with Crippen LogP contribution in [0.25, 0.3) is 0 Å². The zero-order valence-electron chi connectivity index (χ0n) is 13.5. The van der Waals surface area contributed by atoms with Crippen LogP contribution in [-0.2, 0) is 6.54 Å². The number of nitrogens with one attached hydrogen (secondary N) is 2. The van der Waals surface area contributed by atoms with Gasteiger partial charge in [0.2, 0.25) is 0 Å².